The Hall–Kier alpha value is -3.86. The summed E-state index contributed by atoms with van der Waals surface area (Å²) in [6.07, 6.45) is 3.77. The van der Waals surface area contributed by atoms with Gasteiger partial charge in [0.05, 0.1) is 18.1 Å². The molecule has 1 fully saturated rings. The predicted octanol–water partition coefficient (Wildman–Crippen LogP) is 5.52. The molecule has 0 unspecified atom stereocenters. The number of rotatable bonds is 5. The third kappa shape index (κ3) is 4.53. The number of piperidine rings is 1. The number of carbonyl (C=O) groups is 1. The van der Waals surface area contributed by atoms with Crippen molar-refractivity contribution in [2.24, 2.45) is 0 Å². The van der Waals surface area contributed by atoms with Crippen LogP contribution in [0.25, 0.3) is 22.7 Å². The van der Waals surface area contributed by atoms with Crippen LogP contribution in [0.3, 0.4) is 0 Å². The minimum atomic E-state index is 0.0695. The fraction of sp³-hybridized carbons (Fsp3) is 0.214. The molecule has 0 bridgehead atoms. The molecule has 0 spiro atoms. The summed E-state index contributed by atoms with van der Waals surface area (Å²) in [5.74, 6) is 2.24. The first-order chi connectivity index (χ1) is 16.2. The number of methoxy groups -OCH3 is 1. The van der Waals surface area contributed by atoms with Crippen molar-refractivity contribution in [1.82, 2.24) is 14.9 Å². The Labute approximate surface area is 193 Å². The first kappa shape index (κ1) is 21.0. The number of H-pyrrole nitrogens is 1. The third-order valence-electron chi connectivity index (χ3n) is 6.32. The Morgan fingerprint density at radius 3 is 2.36 bits per heavy atom. The number of imidazole rings is 1. The molecule has 166 valence electrons. The molecule has 1 aliphatic heterocycles. The lowest BCUT2D eigenvalue weighted by molar-refractivity contribution is -0.126. The highest BCUT2D eigenvalue weighted by Gasteiger charge is 2.27. The maximum absolute atomic E-state index is 13.6. The molecule has 1 aromatic heterocycles. The van der Waals surface area contributed by atoms with Gasteiger partial charge in [-0.25, -0.2) is 4.98 Å². The molecule has 0 aliphatic carbocycles. The predicted molar refractivity (Wildman–Crippen MR) is 132 cm³/mol. The van der Waals surface area contributed by atoms with Gasteiger partial charge in [-0.1, -0.05) is 54.6 Å². The normalized spacial score (nSPS) is 15.1. The van der Waals surface area contributed by atoms with E-state index in [2.05, 4.69) is 11.1 Å². The molecule has 1 aliphatic rings. The van der Waals surface area contributed by atoms with E-state index in [9.17, 15) is 4.79 Å². The molecule has 5 heteroatoms. The fourth-order valence-corrected chi connectivity index (χ4v) is 4.45. The molecular weight excluding hydrogens is 410 g/mol. The lowest BCUT2D eigenvalue weighted by Crippen LogP contribution is -2.38. The first-order valence-corrected chi connectivity index (χ1v) is 11.4. The summed E-state index contributed by atoms with van der Waals surface area (Å²) in [6, 6.07) is 25.8. The van der Waals surface area contributed by atoms with Gasteiger partial charge >= 0.3 is 0 Å². The van der Waals surface area contributed by atoms with E-state index in [4.69, 9.17) is 9.72 Å². The average molecular weight is 438 g/mol. The highest BCUT2D eigenvalue weighted by atomic mass is 16.5. The molecular formula is C28H27N3O2. The second-order valence-corrected chi connectivity index (χ2v) is 8.40. The molecule has 1 saturated heterocycles. The van der Waals surface area contributed by atoms with Crippen LogP contribution in [-0.4, -0.2) is 41.0 Å². The van der Waals surface area contributed by atoms with E-state index in [1.807, 2.05) is 83.8 Å². The maximum Gasteiger partial charge on any atom is 0.254 e. The molecule has 4 aromatic rings. The zero-order chi connectivity index (χ0) is 22.6. The number of nitrogens with zero attached hydrogens (tertiary/aromatic N) is 2. The molecule has 0 atom stereocenters. The molecule has 5 rings (SSSR count). The van der Waals surface area contributed by atoms with Crippen LogP contribution < -0.4 is 4.74 Å². The van der Waals surface area contributed by atoms with E-state index in [1.54, 1.807) is 7.11 Å². The largest absolute Gasteiger partial charge is 0.497 e. The molecule has 1 N–H and O–H groups in total. The van der Waals surface area contributed by atoms with Crippen molar-refractivity contribution < 1.29 is 9.53 Å². The minimum absolute atomic E-state index is 0.0695. The van der Waals surface area contributed by atoms with Crippen LogP contribution in [-0.2, 0) is 4.79 Å². The third-order valence-corrected chi connectivity index (χ3v) is 6.32. The highest BCUT2D eigenvalue weighted by molar-refractivity contribution is 6.24. The molecule has 2 heterocycles. The van der Waals surface area contributed by atoms with E-state index in [0.717, 1.165) is 46.6 Å². The van der Waals surface area contributed by atoms with Crippen LogP contribution in [0.4, 0.5) is 0 Å². The van der Waals surface area contributed by atoms with Gasteiger partial charge in [-0.05, 0) is 54.3 Å². The second kappa shape index (κ2) is 9.33. The van der Waals surface area contributed by atoms with E-state index in [0.29, 0.717) is 24.6 Å². The average Bonchev–Trinajstić information content (AvgIpc) is 3.32. The Morgan fingerprint density at radius 2 is 1.67 bits per heavy atom. The summed E-state index contributed by atoms with van der Waals surface area (Å²) in [4.78, 5) is 23.8. The van der Waals surface area contributed by atoms with Crippen LogP contribution >= 0.6 is 0 Å². The molecule has 0 saturated carbocycles. The van der Waals surface area contributed by atoms with Crippen LogP contribution in [0.2, 0.25) is 0 Å². The van der Waals surface area contributed by atoms with Gasteiger partial charge in [0.15, 0.2) is 0 Å². The van der Waals surface area contributed by atoms with Crippen molar-refractivity contribution in [2.45, 2.75) is 18.8 Å². The number of para-hydroxylation sites is 2. The standard InChI is InChI=1S/C28H27N3O2/c1-33-23-13-11-20(12-14-23)19-24(21-7-3-2-4-8-21)28(32)31-17-15-22(16-18-31)27-29-25-9-5-6-10-26(25)30-27/h2-14,19,22H,15-18H2,1H3,(H,29,30)/b24-19+. The number of nitrogens with one attached hydrogen (secondary N) is 1. The molecule has 5 nitrogen and oxygen atoms in total. The van der Waals surface area contributed by atoms with Crippen LogP contribution in [0.5, 0.6) is 5.75 Å². The zero-order valence-electron chi connectivity index (χ0n) is 18.7. The summed E-state index contributed by atoms with van der Waals surface area (Å²) in [6.45, 7) is 1.43. The Morgan fingerprint density at radius 1 is 0.970 bits per heavy atom. The minimum Gasteiger partial charge on any atom is -0.497 e. The zero-order valence-corrected chi connectivity index (χ0v) is 18.7. The van der Waals surface area contributed by atoms with Gasteiger partial charge in [0.1, 0.15) is 11.6 Å². The van der Waals surface area contributed by atoms with Gasteiger partial charge in [0.25, 0.3) is 5.91 Å². The van der Waals surface area contributed by atoms with Crippen LogP contribution in [0.1, 0.15) is 35.7 Å². The number of ether oxygens (including phenoxy) is 1. The van der Waals surface area contributed by atoms with E-state index < -0.39 is 0 Å². The summed E-state index contributed by atoms with van der Waals surface area (Å²) in [7, 11) is 1.65. The van der Waals surface area contributed by atoms with Gasteiger partial charge in [-0.15, -0.1) is 0 Å². The van der Waals surface area contributed by atoms with Gasteiger partial charge in [-0.2, -0.15) is 0 Å². The topological polar surface area (TPSA) is 58.2 Å². The van der Waals surface area contributed by atoms with E-state index in [-0.39, 0.29) is 5.91 Å². The molecule has 33 heavy (non-hydrogen) atoms. The Bertz CT molecular complexity index is 1230. The number of hydrogen-bond acceptors (Lipinski definition) is 3. The SMILES string of the molecule is COc1ccc(/C=C(/C(=O)N2CCC(c3nc4ccccc4[nH]3)CC2)c2ccccc2)cc1. The van der Waals surface area contributed by atoms with E-state index in [1.165, 1.54) is 0 Å². The Kier molecular flexibility index (Phi) is 5.94. The molecule has 3 aromatic carbocycles. The molecule has 1 amide bonds. The number of carbonyl (C=O) groups excluding carboxylic acids is 1. The van der Waals surface area contributed by atoms with Crippen LogP contribution in [0.15, 0.2) is 78.9 Å². The van der Waals surface area contributed by atoms with Crippen molar-refractivity contribution in [1.29, 1.82) is 0 Å². The van der Waals surface area contributed by atoms with Crippen molar-refractivity contribution in [3.05, 3.63) is 95.8 Å². The van der Waals surface area contributed by atoms with Gasteiger partial charge in [0, 0.05) is 24.6 Å². The second-order valence-electron chi connectivity index (χ2n) is 8.40. The maximum atomic E-state index is 13.6. The Balaban J connectivity index is 1.35. The summed E-state index contributed by atoms with van der Waals surface area (Å²) in [5.41, 5.74) is 4.68. The number of likely N-dealkylation sites (tertiary alicyclic amines) is 1. The van der Waals surface area contributed by atoms with Crippen molar-refractivity contribution in [3.63, 3.8) is 0 Å². The first-order valence-electron chi connectivity index (χ1n) is 11.4. The highest BCUT2D eigenvalue weighted by Crippen LogP contribution is 2.30. The van der Waals surface area contributed by atoms with Crippen molar-refractivity contribution >= 4 is 28.6 Å². The summed E-state index contributed by atoms with van der Waals surface area (Å²) < 4.78 is 5.26. The number of aromatic nitrogens is 2. The fourth-order valence-electron chi connectivity index (χ4n) is 4.45. The van der Waals surface area contributed by atoms with Crippen molar-refractivity contribution in [2.75, 3.05) is 20.2 Å². The van der Waals surface area contributed by atoms with Gasteiger partial charge in [0.2, 0.25) is 0 Å². The van der Waals surface area contributed by atoms with Crippen molar-refractivity contribution in [3.8, 4) is 5.75 Å². The molecule has 0 radical (unpaired) electrons. The number of amides is 1. The number of aromatic amines is 1. The lowest BCUT2D eigenvalue weighted by Gasteiger charge is -2.32. The summed E-state index contributed by atoms with van der Waals surface area (Å²) >= 11 is 0. The van der Waals surface area contributed by atoms with Gasteiger partial charge in [-0.3, -0.25) is 4.79 Å². The number of benzene rings is 3. The quantitative estimate of drug-likeness (QED) is 0.330. The van der Waals surface area contributed by atoms with Crippen LogP contribution in [0, 0.1) is 0 Å². The summed E-state index contributed by atoms with van der Waals surface area (Å²) in [5, 5.41) is 0. The number of fused-ring (bicyclic) bond motifs is 1. The number of hydrogen-bond donors (Lipinski definition) is 1. The van der Waals surface area contributed by atoms with Gasteiger partial charge < -0.3 is 14.6 Å². The monoisotopic (exact) mass is 437 g/mol. The lowest BCUT2D eigenvalue weighted by atomic mass is 9.94. The smallest absolute Gasteiger partial charge is 0.254 e. The van der Waals surface area contributed by atoms with E-state index >= 15 is 0 Å².